The number of fused-ring (bicyclic) bond motifs is 1. The summed E-state index contributed by atoms with van der Waals surface area (Å²) in [5, 5.41) is 4.00. The van der Waals surface area contributed by atoms with Gasteiger partial charge in [0.2, 0.25) is 0 Å². The van der Waals surface area contributed by atoms with Gasteiger partial charge in [-0.3, -0.25) is 4.79 Å². The first-order valence-electron chi connectivity index (χ1n) is 8.07. The Bertz CT molecular complexity index is 832. The number of nitrogens with zero attached hydrogens (tertiary/aromatic N) is 2. The Kier molecular flexibility index (Phi) is 4.75. The summed E-state index contributed by atoms with van der Waals surface area (Å²) in [6, 6.07) is 21.8. The van der Waals surface area contributed by atoms with Crippen LogP contribution in [0.2, 0.25) is 0 Å². The van der Waals surface area contributed by atoms with Crippen molar-refractivity contribution in [3.8, 4) is 0 Å². The monoisotopic (exact) mass is 319 g/mol. The van der Waals surface area contributed by atoms with Gasteiger partial charge in [0.05, 0.1) is 5.52 Å². The number of anilines is 1. The highest BCUT2D eigenvalue weighted by Gasteiger charge is 2.13. The molecule has 3 aromatic rings. The summed E-state index contributed by atoms with van der Waals surface area (Å²) in [5.74, 6) is -0.144. The van der Waals surface area contributed by atoms with Gasteiger partial charge in [-0.05, 0) is 31.2 Å². The van der Waals surface area contributed by atoms with E-state index in [1.807, 2.05) is 55.6 Å². The number of benzene rings is 2. The Morgan fingerprint density at radius 2 is 1.75 bits per heavy atom. The Balaban J connectivity index is 1.63. The maximum Gasteiger partial charge on any atom is 0.269 e. The smallest absolute Gasteiger partial charge is 0.269 e. The Labute approximate surface area is 142 Å². The molecule has 0 bridgehead atoms. The molecule has 1 amide bonds. The van der Waals surface area contributed by atoms with E-state index >= 15 is 0 Å². The van der Waals surface area contributed by atoms with E-state index in [2.05, 4.69) is 34.3 Å². The molecule has 0 fully saturated rings. The number of nitrogens with one attached hydrogen (secondary N) is 1. The highest BCUT2D eigenvalue weighted by Crippen LogP contribution is 2.14. The van der Waals surface area contributed by atoms with Crippen LogP contribution in [0.25, 0.3) is 10.9 Å². The van der Waals surface area contributed by atoms with Crippen molar-refractivity contribution < 1.29 is 4.79 Å². The van der Waals surface area contributed by atoms with Crippen LogP contribution in [0.1, 0.15) is 17.4 Å². The Morgan fingerprint density at radius 1 is 1.04 bits per heavy atom. The summed E-state index contributed by atoms with van der Waals surface area (Å²) in [4.78, 5) is 18.9. The molecule has 1 aromatic heterocycles. The number of aromatic nitrogens is 1. The topological polar surface area (TPSA) is 45.2 Å². The van der Waals surface area contributed by atoms with Gasteiger partial charge in [-0.2, -0.15) is 0 Å². The Hall–Kier alpha value is -2.88. The van der Waals surface area contributed by atoms with E-state index in [0.29, 0.717) is 12.2 Å². The average Bonchev–Trinajstić information content (AvgIpc) is 2.65. The van der Waals surface area contributed by atoms with Crippen molar-refractivity contribution >= 4 is 22.5 Å². The summed E-state index contributed by atoms with van der Waals surface area (Å²) in [6.07, 6.45) is 0. The van der Waals surface area contributed by atoms with Crippen LogP contribution in [0.4, 0.5) is 5.69 Å². The highest BCUT2D eigenvalue weighted by atomic mass is 16.1. The summed E-state index contributed by atoms with van der Waals surface area (Å²) in [7, 11) is 2.03. The molecule has 4 nitrogen and oxygen atoms in total. The van der Waals surface area contributed by atoms with Crippen molar-refractivity contribution in [2.75, 3.05) is 18.5 Å². The van der Waals surface area contributed by atoms with Gasteiger partial charge in [-0.25, -0.2) is 4.98 Å². The summed E-state index contributed by atoms with van der Waals surface area (Å²) in [6.45, 7) is 2.64. The van der Waals surface area contributed by atoms with Gasteiger partial charge < -0.3 is 10.2 Å². The maximum absolute atomic E-state index is 12.4. The third kappa shape index (κ3) is 3.54. The van der Waals surface area contributed by atoms with Crippen LogP contribution in [0.5, 0.6) is 0 Å². The van der Waals surface area contributed by atoms with Gasteiger partial charge >= 0.3 is 0 Å². The summed E-state index contributed by atoms with van der Waals surface area (Å²) < 4.78 is 0. The molecule has 24 heavy (non-hydrogen) atoms. The second-order valence-electron chi connectivity index (χ2n) is 5.89. The van der Waals surface area contributed by atoms with E-state index in [1.54, 1.807) is 6.07 Å². The van der Waals surface area contributed by atoms with Crippen molar-refractivity contribution in [2.45, 2.75) is 13.0 Å². The van der Waals surface area contributed by atoms with E-state index in [1.165, 1.54) is 0 Å². The summed E-state index contributed by atoms with van der Waals surface area (Å²) >= 11 is 0. The molecule has 122 valence electrons. The van der Waals surface area contributed by atoms with Crippen LogP contribution in [0, 0.1) is 0 Å². The highest BCUT2D eigenvalue weighted by molar-refractivity contribution is 5.94. The van der Waals surface area contributed by atoms with Gasteiger partial charge in [0.1, 0.15) is 5.69 Å². The lowest BCUT2D eigenvalue weighted by Crippen LogP contribution is -2.40. The zero-order valence-corrected chi connectivity index (χ0v) is 13.9. The predicted octanol–water partition coefficient (Wildman–Crippen LogP) is 3.49. The van der Waals surface area contributed by atoms with E-state index in [4.69, 9.17) is 0 Å². The summed E-state index contributed by atoms with van der Waals surface area (Å²) in [5.41, 5.74) is 2.41. The van der Waals surface area contributed by atoms with Crippen LogP contribution in [0.3, 0.4) is 0 Å². The lowest BCUT2D eigenvalue weighted by atomic mass is 10.2. The van der Waals surface area contributed by atoms with E-state index in [0.717, 1.165) is 16.6 Å². The molecule has 0 saturated heterocycles. The molecule has 2 aromatic carbocycles. The van der Waals surface area contributed by atoms with Gasteiger partial charge in [0, 0.05) is 30.7 Å². The molecule has 0 saturated carbocycles. The number of para-hydroxylation sites is 2. The molecule has 0 spiro atoms. The molecular weight excluding hydrogens is 298 g/mol. The molecule has 0 aliphatic carbocycles. The van der Waals surface area contributed by atoms with Crippen LogP contribution < -0.4 is 10.2 Å². The van der Waals surface area contributed by atoms with Crippen molar-refractivity contribution in [1.29, 1.82) is 0 Å². The van der Waals surface area contributed by atoms with Gasteiger partial charge in [0.15, 0.2) is 0 Å². The van der Waals surface area contributed by atoms with Crippen molar-refractivity contribution in [2.24, 2.45) is 0 Å². The van der Waals surface area contributed by atoms with Crippen LogP contribution in [-0.4, -0.2) is 30.5 Å². The lowest BCUT2D eigenvalue weighted by molar-refractivity contribution is 0.0947. The fourth-order valence-corrected chi connectivity index (χ4v) is 2.58. The lowest BCUT2D eigenvalue weighted by Gasteiger charge is -2.27. The molecule has 0 radical (unpaired) electrons. The standard InChI is InChI=1S/C20H21N3O/c1-15(23(2)17-9-4-3-5-10-17)14-21-20(24)19-13-12-16-8-6-7-11-18(16)22-19/h3-13,15H,14H2,1-2H3,(H,21,24). The first-order valence-corrected chi connectivity index (χ1v) is 8.07. The number of likely N-dealkylation sites (N-methyl/N-ethyl adjacent to an activating group) is 1. The number of carbonyl (C=O) groups is 1. The third-order valence-electron chi connectivity index (χ3n) is 4.21. The fourth-order valence-electron chi connectivity index (χ4n) is 2.58. The SMILES string of the molecule is CC(CNC(=O)c1ccc2ccccc2n1)N(C)c1ccccc1. The minimum atomic E-state index is -0.144. The van der Waals surface area contributed by atoms with Crippen molar-refractivity contribution in [1.82, 2.24) is 10.3 Å². The van der Waals surface area contributed by atoms with Gasteiger partial charge in [-0.15, -0.1) is 0 Å². The number of hydrogen-bond donors (Lipinski definition) is 1. The second kappa shape index (κ2) is 7.13. The number of pyridine rings is 1. The van der Waals surface area contributed by atoms with Crippen LogP contribution in [0.15, 0.2) is 66.7 Å². The normalized spacial score (nSPS) is 11.9. The van der Waals surface area contributed by atoms with Crippen LogP contribution in [-0.2, 0) is 0 Å². The minimum Gasteiger partial charge on any atom is -0.370 e. The molecule has 1 unspecified atom stereocenters. The number of carbonyl (C=O) groups excluding carboxylic acids is 1. The average molecular weight is 319 g/mol. The number of hydrogen-bond acceptors (Lipinski definition) is 3. The molecule has 1 N–H and O–H groups in total. The largest absolute Gasteiger partial charge is 0.370 e. The van der Waals surface area contributed by atoms with E-state index in [9.17, 15) is 4.79 Å². The first-order chi connectivity index (χ1) is 11.6. The molecule has 4 heteroatoms. The Morgan fingerprint density at radius 3 is 2.54 bits per heavy atom. The second-order valence-corrected chi connectivity index (χ2v) is 5.89. The van der Waals surface area contributed by atoms with E-state index in [-0.39, 0.29) is 11.9 Å². The molecule has 1 heterocycles. The number of amides is 1. The van der Waals surface area contributed by atoms with Gasteiger partial charge in [0.25, 0.3) is 5.91 Å². The van der Waals surface area contributed by atoms with Crippen molar-refractivity contribution in [3.63, 3.8) is 0 Å². The van der Waals surface area contributed by atoms with Gasteiger partial charge in [-0.1, -0.05) is 42.5 Å². The molecular formula is C20H21N3O. The third-order valence-corrected chi connectivity index (χ3v) is 4.21. The molecule has 0 aliphatic rings. The quantitative estimate of drug-likeness (QED) is 0.783. The first kappa shape index (κ1) is 16.0. The number of rotatable bonds is 5. The zero-order chi connectivity index (χ0) is 16.9. The fraction of sp³-hybridized carbons (Fsp3) is 0.200. The predicted molar refractivity (Wildman–Crippen MR) is 98.4 cm³/mol. The minimum absolute atomic E-state index is 0.144. The molecule has 1 atom stereocenters. The van der Waals surface area contributed by atoms with Crippen molar-refractivity contribution in [3.05, 3.63) is 72.4 Å². The molecule has 3 rings (SSSR count). The zero-order valence-electron chi connectivity index (χ0n) is 13.9. The maximum atomic E-state index is 12.4. The van der Waals surface area contributed by atoms with E-state index < -0.39 is 0 Å². The molecule has 0 aliphatic heterocycles. The van der Waals surface area contributed by atoms with Crippen LogP contribution >= 0.6 is 0 Å².